The third-order valence-corrected chi connectivity index (χ3v) is 4.90. The molecule has 0 spiro atoms. The summed E-state index contributed by atoms with van der Waals surface area (Å²) in [6.45, 7) is 2.03. The summed E-state index contributed by atoms with van der Waals surface area (Å²) >= 11 is 7.35. The Balaban J connectivity index is 2.02. The van der Waals surface area contributed by atoms with Crippen LogP contribution >= 0.6 is 49.9 Å². The minimum atomic E-state index is -0.0329. The van der Waals surface area contributed by atoms with Crippen LogP contribution < -0.4 is 5.32 Å². The van der Waals surface area contributed by atoms with E-state index in [0.717, 1.165) is 14.5 Å². The van der Waals surface area contributed by atoms with Gasteiger partial charge in [0.15, 0.2) is 0 Å². The van der Waals surface area contributed by atoms with Crippen LogP contribution in [0.4, 0.5) is 0 Å². The van der Waals surface area contributed by atoms with E-state index >= 15 is 0 Å². The highest BCUT2D eigenvalue weighted by atomic mass is 127. The molecule has 2 rings (SSSR count). The van der Waals surface area contributed by atoms with Crippen molar-refractivity contribution in [3.8, 4) is 0 Å². The molecule has 1 N–H and O–H groups in total. The van der Waals surface area contributed by atoms with Gasteiger partial charge in [-0.25, -0.2) is 0 Å². The summed E-state index contributed by atoms with van der Waals surface area (Å²) in [5, 5.41) is 5.09. The lowest BCUT2D eigenvalue weighted by atomic mass is 10.1. The van der Waals surface area contributed by atoms with Gasteiger partial charge in [0, 0.05) is 25.4 Å². The summed E-state index contributed by atoms with van der Waals surface area (Å²) in [7, 11) is 0. The zero-order valence-corrected chi connectivity index (χ0v) is 14.9. The van der Waals surface area contributed by atoms with E-state index in [1.165, 1.54) is 4.88 Å². The highest BCUT2D eigenvalue weighted by molar-refractivity contribution is 14.1. The molecule has 0 saturated heterocycles. The second kappa shape index (κ2) is 6.85. The van der Waals surface area contributed by atoms with E-state index in [1.54, 1.807) is 11.3 Å². The smallest absolute Gasteiger partial charge is 0.252 e. The van der Waals surface area contributed by atoms with Crippen LogP contribution in [0.1, 0.15) is 22.2 Å². The van der Waals surface area contributed by atoms with Gasteiger partial charge in [0.05, 0.1) is 5.56 Å². The Morgan fingerprint density at radius 2 is 2.26 bits per heavy atom. The molecule has 1 atom stereocenters. The summed E-state index contributed by atoms with van der Waals surface area (Å²) in [5.41, 5.74) is 0.685. The van der Waals surface area contributed by atoms with Gasteiger partial charge in [-0.15, -0.1) is 11.3 Å². The molecule has 0 aliphatic carbocycles. The van der Waals surface area contributed by atoms with E-state index < -0.39 is 0 Å². The average molecular weight is 450 g/mol. The summed E-state index contributed by atoms with van der Waals surface area (Å²) in [5.74, 6) is -0.0329. The van der Waals surface area contributed by atoms with Crippen molar-refractivity contribution >= 4 is 55.8 Å². The second-order valence-corrected chi connectivity index (χ2v) is 7.41. The minimum absolute atomic E-state index is 0.0329. The van der Waals surface area contributed by atoms with E-state index in [9.17, 15) is 4.79 Å². The van der Waals surface area contributed by atoms with Crippen molar-refractivity contribution in [2.24, 2.45) is 0 Å². The molecule has 2 aromatic rings. The molecular weight excluding hydrogens is 437 g/mol. The Labute approximate surface area is 138 Å². The predicted octanol–water partition coefficient (Wildman–Crippen LogP) is 4.48. The molecule has 0 aliphatic heterocycles. The van der Waals surface area contributed by atoms with Crippen LogP contribution in [0, 0.1) is 3.57 Å². The molecule has 0 radical (unpaired) electrons. The Bertz CT molecular complexity index is 571. The number of hydrogen-bond donors (Lipinski definition) is 1. The molecule has 100 valence electrons. The van der Waals surface area contributed by atoms with Crippen LogP contribution in [0.5, 0.6) is 0 Å². The first-order valence-corrected chi connectivity index (χ1v) is 8.59. The molecule has 0 aliphatic rings. The summed E-state index contributed by atoms with van der Waals surface area (Å²) < 4.78 is 1.88. The van der Waals surface area contributed by atoms with Gasteiger partial charge >= 0.3 is 0 Å². The van der Waals surface area contributed by atoms with E-state index in [0.29, 0.717) is 5.56 Å². The molecule has 1 amide bonds. The van der Waals surface area contributed by atoms with Crippen LogP contribution in [-0.2, 0) is 6.42 Å². The van der Waals surface area contributed by atoms with Crippen molar-refractivity contribution < 1.29 is 4.79 Å². The van der Waals surface area contributed by atoms with Crippen molar-refractivity contribution in [2.45, 2.75) is 19.4 Å². The van der Waals surface area contributed by atoms with E-state index in [2.05, 4.69) is 55.3 Å². The molecule has 0 fully saturated rings. The fourth-order valence-corrected chi connectivity index (χ4v) is 3.51. The number of carbonyl (C=O) groups is 1. The quantitative estimate of drug-likeness (QED) is 0.685. The van der Waals surface area contributed by atoms with Gasteiger partial charge in [0.1, 0.15) is 0 Å². The minimum Gasteiger partial charge on any atom is -0.349 e. The molecule has 1 heterocycles. The number of benzene rings is 1. The van der Waals surface area contributed by atoms with Gasteiger partial charge in [-0.05, 0) is 75.1 Å². The van der Waals surface area contributed by atoms with E-state index in [1.807, 2.05) is 31.2 Å². The first-order chi connectivity index (χ1) is 9.06. The highest BCUT2D eigenvalue weighted by Gasteiger charge is 2.13. The zero-order valence-electron chi connectivity index (χ0n) is 10.3. The number of hydrogen-bond acceptors (Lipinski definition) is 2. The van der Waals surface area contributed by atoms with Gasteiger partial charge in [0.2, 0.25) is 0 Å². The fourth-order valence-electron chi connectivity index (χ4n) is 1.75. The standard InChI is InChI=1S/C14H13BrINOS/c1-9(7-11-3-2-6-19-11)17-14(18)12-8-10(16)4-5-13(12)15/h2-6,8-9H,7H2,1H3,(H,17,18). The van der Waals surface area contributed by atoms with Crippen molar-refractivity contribution in [2.75, 3.05) is 0 Å². The molecule has 2 nitrogen and oxygen atoms in total. The lowest BCUT2D eigenvalue weighted by Gasteiger charge is -2.14. The van der Waals surface area contributed by atoms with Gasteiger partial charge in [-0.1, -0.05) is 6.07 Å². The van der Waals surface area contributed by atoms with Gasteiger partial charge in [0.25, 0.3) is 5.91 Å². The predicted molar refractivity (Wildman–Crippen MR) is 91.8 cm³/mol. The Morgan fingerprint density at radius 3 is 2.95 bits per heavy atom. The van der Waals surface area contributed by atoms with Crippen molar-refractivity contribution in [3.05, 3.63) is 54.2 Å². The van der Waals surface area contributed by atoms with Crippen LogP contribution in [0.3, 0.4) is 0 Å². The fraction of sp³-hybridized carbons (Fsp3) is 0.214. The summed E-state index contributed by atoms with van der Waals surface area (Å²) in [6, 6.07) is 10.0. The Morgan fingerprint density at radius 1 is 1.47 bits per heavy atom. The van der Waals surface area contributed by atoms with Gasteiger partial charge in [-0.3, -0.25) is 4.79 Å². The molecule has 19 heavy (non-hydrogen) atoms. The number of carbonyl (C=O) groups excluding carboxylic acids is 1. The summed E-state index contributed by atoms with van der Waals surface area (Å²) in [4.78, 5) is 13.5. The monoisotopic (exact) mass is 449 g/mol. The molecule has 0 bridgehead atoms. The Kier molecular flexibility index (Phi) is 5.41. The summed E-state index contributed by atoms with van der Waals surface area (Å²) in [6.07, 6.45) is 0.866. The van der Waals surface area contributed by atoms with E-state index in [4.69, 9.17) is 0 Å². The van der Waals surface area contributed by atoms with Crippen molar-refractivity contribution in [3.63, 3.8) is 0 Å². The largest absolute Gasteiger partial charge is 0.349 e. The molecular formula is C14H13BrINOS. The number of halogens is 2. The van der Waals surface area contributed by atoms with Crippen LogP contribution in [0.2, 0.25) is 0 Å². The van der Waals surface area contributed by atoms with Crippen LogP contribution in [0.25, 0.3) is 0 Å². The lowest BCUT2D eigenvalue weighted by molar-refractivity contribution is 0.0939. The lowest BCUT2D eigenvalue weighted by Crippen LogP contribution is -2.34. The zero-order chi connectivity index (χ0) is 13.8. The normalized spacial score (nSPS) is 12.2. The highest BCUT2D eigenvalue weighted by Crippen LogP contribution is 2.20. The third-order valence-electron chi connectivity index (χ3n) is 2.64. The average Bonchev–Trinajstić information content (AvgIpc) is 2.84. The molecule has 1 unspecified atom stereocenters. The topological polar surface area (TPSA) is 29.1 Å². The Hall–Kier alpha value is -0.400. The third kappa shape index (κ3) is 4.29. The molecule has 1 aromatic heterocycles. The first kappa shape index (κ1) is 15.0. The molecule has 1 aromatic carbocycles. The van der Waals surface area contributed by atoms with Crippen LogP contribution in [-0.4, -0.2) is 11.9 Å². The number of amides is 1. The first-order valence-electron chi connectivity index (χ1n) is 5.84. The number of nitrogens with one attached hydrogen (secondary N) is 1. The van der Waals surface area contributed by atoms with Gasteiger partial charge in [-0.2, -0.15) is 0 Å². The van der Waals surface area contributed by atoms with Crippen LogP contribution in [0.15, 0.2) is 40.2 Å². The SMILES string of the molecule is CC(Cc1cccs1)NC(=O)c1cc(I)ccc1Br. The molecule has 5 heteroatoms. The van der Waals surface area contributed by atoms with Gasteiger partial charge < -0.3 is 5.32 Å². The maximum absolute atomic E-state index is 12.2. The maximum atomic E-state index is 12.2. The van der Waals surface area contributed by atoms with Crippen molar-refractivity contribution in [1.29, 1.82) is 0 Å². The second-order valence-electron chi connectivity index (χ2n) is 4.28. The molecule has 0 saturated carbocycles. The van der Waals surface area contributed by atoms with E-state index in [-0.39, 0.29) is 11.9 Å². The maximum Gasteiger partial charge on any atom is 0.252 e. The number of thiophene rings is 1. The number of rotatable bonds is 4. The van der Waals surface area contributed by atoms with Crippen molar-refractivity contribution in [1.82, 2.24) is 5.32 Å².